The van der Waals surface area contributed by atoms with Crippen molar-refractivity contribution in [2.45, 2.75) is 26.2 Å². The summed E-state index contributed by atoms with van der Waals surface area (Å²) in [5.41, 5.74) is 1.01. The molecule has 1 aliphatic carbocycles. The zero-order chi connectivity index (χ0) is 8.27. The molecule has 2 heteroatoms. The first-order valence-corrected chi connectivity index (χ1v) is 4.12. The third-order valence-electron chi connectivity index (χ3n) is 2.04. The van der Waals surface area contributed by atoms with Gasteiger partial charge in [-0.25, -0.2) is 0 Å². The average Bonchev–Trinajstić information content (AvgIpc) is 1.79. The third kappa shape index (κ3) is 2.37. The van der Waals surface area contributed by atoms with E-state index in [1.807, 2.05) is 6.92 Å². The summed E-state index contributed by atoms with van der Waals surface area (Å²) in [6.07, 6.45) is 3.36. The van der Waals surface area contributed by atoms with E-state index in [1.54, 1.807) is 0 Å². The van der Waals surface area contributed by atoms with Crippen LogP contribution in [0.5, 0.6) is 0 Å². The average molecular weight is 153 g/mol. The van der Waals surface area contributed by atoms with Crippen LogP contribution in [0.15, 0.2) is 12.2 Å². The first-order valence-electron chi connectivity index (χ1n) is 4.12. The lowest BCUT2D eigenvalue weighted by molar-refractivity contribution is -0.127. The van der Waals surface area contributed by atoms with Crippen LogP contribution in [0.1, 0.15) is 26.2 Å². The smallest absolute Gasteiger partial charge is 0.223 e. The lowest BCUT2D eigenvalue weighted by Gasteiger charge is -2.23. The van der Waals surface area contributed by atoms with Gasteiger partial charge in [0, 0.05) is 12.5 Å². The highest BCUT2D eigenvalue weighted by Gasteiger charge is 2.24. The molecule has 0 aliphatic heterocycles. The molecule has 0 aromatic rings. The fourth-order valence-electron chi connectivity index (χ4n) is 1.05. The third-order valence-corrected chi connectivity index (χ3v) is 2.04. The van der Waals surface area contributed by atoms with Crippen LogP contribution < -0.4 is 5.32 Å². The molecule has 0 spiro atoms. The number of carbonyl (C=O) groups excluding carboxylic acids is 1. The SMILES string of the molecule is C=C(C)CNC(=O)C1CCC1. The maximum Gasteiger partial charge on any atom is 0.223 e. The molecule has 1 saturated carbocycles. The summed E-state index contributed by atoms with van der Waals surface area (Å²) in [6.45, 7) is 6.27. The molecule has 0 saturated heterocycles. The highest BCUT2D eigenvalue weighted by Crippen LogP contribution is 2.25. The Morgan fingerprint density at radius 2 is 2.27 bits per heavy atom. The largest absolute Gasteiger partial charge is 0.352 e. The van der Waals surface area contributed by atoms with Crippen LogP contribution in [-0.2, 0) is 4.79 Å². The van der Waals surface area contributed by atoms with Gasteiger partial charge >= 0.3 is 0 Å². The van der Waals surface area contributed by atoms with E-state index in [2.05, 4.69) is 11.9 Å². The minimum absolute atomic E-state index is 0.208. The van der Waals surface area contributed by atoms with E-state index in [1.165, 1.54) is 6.42 Å². The van der Waals surface area contributed by atoms with E-state index in [-0.39, 0.29) is 5.91 Å². The monoisotopic (exact) mass is 153 g/mol. The van der Waals surface area contributed by atoms with Gasteiger partial charge < -0.3 is 5.32 Å². The quantitative estimate of drug-likeness (QED) is 0.611. The summed E-state index contributed by atoms with van der Waals surface area (Å²) in [7, 11) is 0. The number of hydrogen-bond donors (Lipinski definition) is 1. The summed E-state index contributed by atoms with van der Waals surface area (Å²) in [4.78, 5) is 11.2. The lowest BCUT2D eigenvalue weighted by Crippen LogP contribution is -2.35. The molecule has 1 N–H and O–H groups in total. The second kappa shape index (κ2) is 3.56. The van der Waals surface area contributed by atoms with Crippen LogP contribution in [0.3, 0.4) is 0 Å². The number of rotatable bonds is 3. The van der Waals surface area contributed by atoms with Crippen LogP contribution in [0.4, 0.5) is 0 Å². The molecule has 0 atom stereocenters. The molecule has 1 aliphatic rings. The summed E-state index contributed by atoms with van der Waals surface area (Å²) >= 11 is 0. The van der Waals surface area contributed by atoms with Crippen LogP contribution in [0, 0.1) is 5.92 Å². The topological polar surface area (TPSA) is 29.1 Å². The molecule has 0 aromatic carbocycles. The molecule has 11 heavy (non-hydrogen) atoms. The molecular formula is C9H15NO. The molecule has 1 fully saturated rings. The fraction of sp³-hybridized carbons (Fsp3) is 0.667. The van der Waals surface area contributed by atoms with Gasteiger partial charge in [0.1, 0.15) is 0 Å². The molecule has 0 bridgehead atoms. The van der Waals surface area contributed by atoms with E-state index < -0.39 is 0 Å². The van der Waals surface area contributed by atoms with E-state index in [4.69, 9.17) is 0 Å². The minimum atomic E-state index is 0.208. The standard InChI is InChI=1S/C9H15NO/c1-7(2)6-10-9(11)8-4-3-5-8/h8H,1,3-6H2,2H3,(H,10,11). The van der Waals surface area contributed by atoms with Crippen molar-refractivity contribution < 1.29 is 4.79 Å². The van der Waals surface area contributed by atoms with Crippen molar-refractivity contribution in [3.8, 4) is 0 Å². The van der Waals surface area contributed by atoms with Crippen molar-refractivity contribution in [2.75, 3.05) is 6.54 Å². The predicted octanol–water partition coefficient (Wildman–Crippen LogP) is 1.48. The van der Waals surface area contributed by atoms with E-state index in [0.717, 1.165) is 18.4 Å². The summed E-state index contributed by atoms with van der Waals surface area (Å²) in [5, 5.41) is 2.85. The van der Waals surface area contributed by atoms with Gasteiger partial charge in [-0.1, -0.05) is 18.6 Å². The van der Waals surface area contributed by atoms with Crippen molar-refractivity contribution >= 4 is 5.91 Å². The van der Waals surface area contributed by atoms with Gasteiger partial charge in [0.25, 0.3) is 0 Å². The van der Waals surface area contributed by atoms with E-state index >= 15 is 0 Å². The number of nitrogens with one attached hydrogen (secondary N) is 1. The normalized spacial score (nSPS) is 17.2. The molecule has 0 unspecified atom stereocenters. The minimum Gasteiger partial charge on any atom is -0.352 e. The van der Waals surface area contributed by atoms with Crippen LogP contribution in [0.25, 0.3) is 0 Å². The molecule has 0 radical (unpaired) electrons. The maximum atomic E-state index is 11.2. The lowest BCUT2D eigenvalue weighted by atomic mass is 9.85. The van der Waals surface area contributed by atoms with Crippen molar-refractivity contribution in [2.24, 2.45) is 5.92 Å². The summed E-state index contributed by atoms with van der Waals surface area (Å²) < 4.78 is 0. The van der Waals surface area contributed by atoms with Crippen molar-refractivity contribution in [3.63, 3.8) is 0 Å². The van der Waals surface area contributed by atoms with Gasteiger partial charge in [-0.2, -0.15) is 0 Å². The Hall–Kier alpha value is -0.790. The molecule has 62 valence electrons. The molecule has 0 aromatic heterocycles. The Bertz CT molecular complexity index is 170. The van der Waals surface area contributed by atoms with Crippen molar-refractivity contribution in [3.05, 3.63) is 12.2 Å². The van der Waals surface area contributed by atoms with Crippen molar-refractivity contribution in [1.82, 2.24) is 5.32 Å². The van der Waals surface area contributed by atoms with Gasteiger partial charge in [0.05, 0.1) is 0 Å². The van der Waals surface area contributed by atoms with Crippen LogP contribution in [0.2, 0.25) is 0 Å². The Kier molecular flexibility index (Phi) is 2.69. The highest BCUT2D eigenvalue weighted by atomic mass is 16.1. The zero-order valence-corrected chi connectivity index (χ0v) is 7.02. The van der Waals surface area contributed by atoms with E-state index in [0.29, 0.717) is 12.5 Å². The van der Waals surface area contributed by atoms with Gasteiger partial charge in [-0.05, 0) is 19.8 Å². The first-order chi connectivity index (χ1) is 5.20. The van der Waals surface area contributed by atoms with Gasteiger partial charge in [0.15, 0.2) is 0 Å². The van der Waals surface area contributed by atoms with Gasteiger partial charge in [0.2, 0.25) is 5.91 Å². The van der Waals surface area contributed by atoms with E-state index in [9.17, 15) is 4.79 Å². The van der Waals surface area contributed by atoms with Gasteiger partial charge in [-0.15, -0.1) is 0 Å². The van der Waals surface area contributed by atoms with Crippen molar-refractivity contribution in [1.29, 1.82) is 0 Å². The molecular weight excluding hydrogens is 138 g/mol. The molecule has 0 heterocycles. The molecule has 1 rings (SSSR count). The zero-order valence-electron chi connectivity index (χ0n) is 7.02. The Morgan fingerprint density at radius 3 is 2.64 bits per heavy atom. The molecule has 2 nitrogen and oxygen atoms in total. The van der Waals surface area contributed by atoms with Gasteiger partial charge in [-0.3, -0.25) is 4.79 Å². The van der Waals surface area contributed by atoms with Crippen LogP contribution >= 0.6 is 0 Å². The Balaban J connectivity index is 2.15. The number of hydrogen-bond acceptors (Lipinski definition) is 1. The second-order valence-electron chi connectivity index (χ2n) is 3.30. The Labute approximate surface area is 67.7 Å². The second-order valence-corrected chi connectivity index (χ2v) is 3.30. The highest BCUT2D eigenvalue weighted by molar-refractivity contribution is 5.79. The predicted molar refractivity (Wildman–Crippen MR) is 45.2 cm³/mol. The maximum absolute atomic E-state index is 11.2. The summed E-state index contributed by atoms with van der Waals surface area (Å²) in [5.74, 6) is 0.508. The molecule has 1 amide bonds. The fourth-order valence-corrected chi connectivity index (χ4v) is 1.05. The number of carbonyl (C=O) groups is 1. The summed E-state index contributed by atoms with van der Waals surface area (Å²) in [6, 6.07) is 0. The first kappa shape index (κ1) is 8.31. The number of amides is 1. The van der Waals surface area contributed by atoms with Crippen LogP contribution in [-0.4, -0.2) is 12.5 Å². The Morgan fingerprint density at radius 1 is 1.64 bits per heavy atom.